The number of carbonyl (C=O) groups is 1. The van der Waals surface area contributed by atoms with E-state index in [1.54, 1.807) is 19.1 Å². The number of H-pyrrole nitrogens is 1. The third-order valence-electron chi connectivity index (χ3n) is 3.31. The zero-order chi connectivity index (χ0) is 18.2. The zero-order valence-corrected chi connectivity index (χ0v) is 14.2. The average molecular weight is 341 g/mol. The summed E-state index contributed by atoms with van der Waals surface area (Å²) in [5, 5.41) is 10.4. The lowest BCUT2D eigenvalue weighted by molar-refractivity contribution is 0.0520. The van der Waals surface area contributed by atoms with Crippen LogP contribution in [0, 0.1) is 12.3 Å². The molecule has 0 bridgehead atoms. The summed E-state index contributed by atoms with van der Waals surface area (Å²) in [6.07, 6.45) is 7.53. The van der Waals surface area contributed by atoms with Crippen LogP contribution in [0.5, 0.6) is 11.5 Å². The lowest BCUT2D eigenvalue weighted by Crippen LogP contribution is -2.07. The van der Waals surface area contributed by atoms with Crippen molar-refractivity contribution in [2.24, 2.45) is 0 Å². The van der Waals surface area contributed by atoms with Gasteiger partial charge in [0.2, 0.25) is 0 Å². The van der Waals surface area contributed by atoms with Crippen LogP contribution in [0.25, 0.3) is 11.3 Å². The van der Waals surface area contributed by atoms with Crippen molar-refractivity contribution in [2.75, 3.05) is 20.3 Å². The van der Waals surface area contributed by atoms with Gasteiger partial charge in [-0.05, 0) is 25.5 Å². The Morgan fingerprint density at radius 3 is 2.88 bits per heavy atom. The van der Waals surface area contributed by atoms with Crippen LogP contribution in [0.15, 0.2) is 24.8 Å². The number of methoxy groups -OCH3 is 1. The van der Waals surface area contributed by atoms with Crippen molar-refractivity contribution in [1.82, 2.24) is 15.4 Å². The normalized spacial score (nSPS) is 9.96. The van der Waals surface area contributed by atoms with Crippen molar-refractivity contribution in [3.8, 4) is 35.1 Å². The number of terminal acetylenes is 1. The smallest absolute Gasteiger partial charge is 0.361 e. The molecule has 0 fully saturated rings. The number of rotatable bonds is 8. The van der Waals surface area contributed by atoms with Crippen LogP contribution in [0.1, 0.15) is 23.0 Å². The molecule has 0 unspecified atom stereocenters. The van der Waals surface area contributed by atoms with Crippen LogP contribution in [0.2, 0.25) is 0 Å². The first-order chi connectivity index (χ1) is 12.2. The SMILES string of the molecule is C#CCOc1c(CC=C)cc(-c2n[nH]nc2C(=O)OCC)cc1OC. The third-order valence-corrected chi connectivity index (χ3v) is 3.31. The van der Waals surface area contributed by atoms with E-state index in [4.69, 9.17) is 20.6 Å². The first-order valence-corrected chi connectivity index (χ1v) is 7.62. The van der Waals surface area contributed by atoms with Crippen LogP contribution in [0.3, 0.4) is 0 Å². The minimum atomic E-state index is -0.553. The molecule has 7 nitrogen and oxygen atoms in total. The summed E-state index contributed by atoms with van der Waals surface area (Å²) in [6.45, 7) is 5.83. The summed E-state index contributed by atoms with van der Waals surface area (Å²) in [6, 6.07) is 3.54. The fraction of sp³-hybridized carbons (Fsp3) is 0.278. The largest absolute Gasteiger partial charge is 0.493 e. The van der Waals surface area contributed by atoms with Crippen molar-refractivity contribution in [3.63, 3.8) is 0 Å². The molecule has 1 N–H and O–H groups in total. The molecule has 0 atom stereocenters. The fourth-order valence-corrected chi connectivity index (χ4v) is 2.31. The molecule has 2 rings (SSSR count). The number of allylic oxidation sites excluding steroid dienone is 1. The number of hydrogen-bond donors (Lipinski definition) is 1. The standard InChI is InChI=1S/C18H19N3O4/c1-5-8-12-10-13(11-14(23-4)17(12)25-9-6-2)15-16(20-21-19-15)18(22)24-7-3/h2,5,10-11H,1,7-9H2,3-4H3,(H,19,20,21). The molecule has 0 aliphatic rings. The number of aromatic amines is 1. The summed E-state index contributed by atoms with van der Waals surface area (Å²) in [5.74, 6) is 2.88. The Morgan fingerprint density at radius 2 is 2.24 bits per heavy atom. The maximum atomic E-state index is 12.0. The Kier molecular flexibility index (Phi) is 6.18. The average Bonchev–Trinajstić information content (AvgIpc) is 3.10. The van der Waals surface area contributed by atoms with Gasteiger partial charge in [0, 0.05) is 11.1 Å². The number of nitrogens with zero attached hydrogens (tertiary/aromatic N) is 2. The molecule has 0 saturated heterocycles. The lowest BCUT2D eigenvalue weighted by atomic mass is 10.0. The van der Waals surface area contributed by atoms with E-state index in [0.29, 0.717) is 29.2 Å². The van der Waals surface area contributed by atoms with Crippen LogP contribution in [-0.4, -0.2) is 41.7 Å². The number of aromatic nitrogens is 3. The fourth-order valence-electron chi connectivity index (χ4n) is 2.31. The zero-order valence-electron chi connectivity index (χ0n) is 14.2. The Labute approximate surface area is 146 Å². The Hall–Kier alpha value is -3.27. The highest BCUT2D eigenvalue weighted by molar-refractivity contribution is 5.94. The van der Waals surface area contributed by atoms with E-state index in [0.717, 1.165) is 5.56 Å². The number of hydrogen-bond acceptors (Lipinski definition) is 6. The number of nitrogens with one attached hydrogen (secondary N) is 1. The van der Waals surface area contributed by atoms with Gasteiger partial charge in [-0.15, -0.1) is 18.1 Å². The number of esters is 1. The lowest BCUT2D eigenvalue weighted by Gasteiger charge is -2.15. The monoisotopic (exact) mass is 341 g/mol. The van der Waals surface area contributed by atoms with Crippen molar-refractivity contribution < 1.29 is 19.0 Å². The third kappa shape index (κ3) is 3.98. The second-order valence-corrected chi connectivity index (χ2v) is 4.89. The van der Waals surface area contributed by atoms with Gasteiger partial charge in [-0.3, -0.25) is 0 Å². The second kappa shape index (κ2) is 8.55. The summed E-state index contributed by atoms with van der Waals surface area (Å²) in [4.78, 5) is 12.0. The second-order valence-electron chi connectivity index (χ2n) is 4.89. The first kappa shape index (κ1) is 18.1. The van der Waals surface area contributed by atoms with Crippen LogP contribution in [0.4, 0.5) is 0 Å². The summed E-state index contributed by atoms with van der Waals surface area (Å²) < 4.78 is 16.0. The van der Waals surface area contributed by atoms with Crippen LogP contribution >= 0.6 is 0 Å². The van der Waals surface area contributed by atoms with Crippen molar-refractivity contribution in [3.05, 3.63) is 36.0 Å². The van der Waals surface area contributed by atoms with Gasteiger partial charge < -0.3 is 14.2 Å². The van der Waals surface area contributed by atoms with E-state index < -0.39 is 5.97 Å². The first-order valence-electron chi connectivity index (χ1n) is 7.62. The molecule has 0 aliphatic heterocycles. The van der Waals surface area contributed by atoms with E-state index >= 15 is 0 Å². The predicted molar refractivity (Wildman–Crippen MR) is 92.6 cm³/mol. The summed E-state index contributed by atoms with van der Waals surface area (Å²) in [5.41, 5.74) is 1.91. The van der Waals surface area contributed by atoms with Gasteiger partial charge in [-0.25, -0.2) is 4.79 Å². The molecule has 1 aromatic carbocycles. The highest BCUT2D eigenvalue weighted by Gasteiger charge is 2.22. The van der Waals surface area contributed by atoms with Gasteiger partial charge in [0.15, 0.2) is 17.2 Å². The van der Waals surface area contributed by atoms with Crippen molar-refractivity contribution in [1.29, 1.82) is 0 Å². The Bertz CT molecular complexity index is 805. The highest BCUT2D eigenvalue weighted by Crippen LogP contribution is 2.37. The van der Waals surface area contributed by atoms with E-state index in [1.807, 2.05) is 6.07 Å². The van der Waals surface area contributed by atoms with E-state index in [9.17, 15) is 4.79 Å². The maximum absolute atomic E-state index is 12.0. The van der Waals surface area contributed by atoms with Crippen LogP contribution in [-0.2, 0) is 11.2 Å². The molecular formula is C18H19N3O4. The number of carbonyl (C=O) groups excluding carboxylic acids is 1. The molecule has 2 aromatic rings. The van der Waals surface area contributed by atoms with E-state index in [2.05, 4.69) is 27.9 Å². The topological polar surface area (TPSA) is 86.3 Å². The molecule has 1 aromatic heterocycles. The van der Waals surface area contributed by atoms with E-state index in [1.165, 1.54) is 7.11 Å². The van der Waals surface area contributed by atoms with Crippen molar-refractivity contribution >= 4 is 5.97 Å². The maximum Gasteiger partial charge on any atom is 0.361 e. The van der Waals surface area contributed by atoms with Crippen LogP contribution < -0.4 is 9.47 Å². The number of ether oxygens (including phenoxy) is 3. The molecule has 7 heteroatoms. The minimum Gasteiger partial charge on any atom is -0.493 e. The molecule has 25 heavy (non-hydrogen) atoms. The summed E-state index contributed by atoms with van der Waals surface area (Å²) >= 11 is 0. The van der Waals surface area contributed by atoms with Crippen molar-refractivity contribution in [2.45, 2.75) is 13.3 Å². The van der Waals surface area contributed by atoms with E-state index in [-0.39, 0.29) is 18.9 Å². The van der Waals surface area contributed by atoms with Gasteiger partial charge in [0.05, 0.1) is 13.7 Å². The predicted octanol–water partition coefficient (Wildman–Crippen LogP) is 2.40. The summed E-state index contributed by atoms with van der Waals surface area (Å²) in [7, 11) is 1.52. The highest BCUT2D eigenvalue weighted by atomic mass is 16.5. The molecule has 130 valence electrons. The molecule has 1 heterocycles. The molecule has 0 radical (unpaired) electrons. The van der Waals surface area contributed by atoms with Gasteiger partial charge in [0.25, 0.3) is 0 Å². The molecule has 0 amide bonds. The van der Waals surface area contributed by atoms with Gasteiger partial charge in [0.1, 0.15) is 12.3 Å². The van der Waals surface area contributed by atoms with Gasteiger partial charge in [-0.1, -0.05) is 12.0 Å². The quantitative estimate of drug-likeness (QED) is 0.451. The molecular weight excluding hydrogens is 322 g/mol. The van der Waals surface area contributed by atoms with Gasteiger partial charge in [-0.2, -0.15) is 10.3 Å². The molecule has 0 spiro atoms. The Morgan fingerprint density at radius 1 is 1.44 bits per heavy atom. The molecule has 0 aliphatic carbocycles. The molecule has 0 saturated carbocycles. The number of benzene rings is 1. The Balaban J connectivity index is 2.55. The van der Waals surface area contributed by atoms with Gasteiger partial charge >= 0.3 is 5.97 Å². The minimum absolute atomic E-state index is 0.103.